The van der Waals surface area contributed by atoms with Crippen molar-refractivity contribution in [1.82, 2.24) is 0 Å². The van der Waals surface area contributed by atoms with E-state index in [1.54, 1.807) is 18.2 Å². The number of benzene rings is 2. The Morgan fingerprint density at radius 2 is 1.77 bits per heavy atom. The fraction of sp³-hybridized carbons (Fsp3) is 0.176. The Bertz CT molecular complexity index is 741. The Kier molecular flexibility index (Phi) is 4.83. The highest BCUT2D eigenvalue weighted by atomic mass is 35.5. The van der Waals surface area contributed by atoms with Gasteiger partial charge in [0.1, 0.15) is 0 Å². The molecule has 0 aliphatic rings. The van der Waals surface area contributed by atoms with Crippen molar-refractivity contribution in [2.24, 2.45) is 0 Å². The Morgan fingerprint density at radius 1 is 1.05 bits per heavy atom. The molecule has 0 saturated carbocycles. The molecule has 1 amide bonds. The van der Waals surface area contributed by atoms with E-state index in [9.17, 15) is 9.59 Å². The number of aryl methyl sites for hydroxylation is 2. The van der Waals surface area contributed by atoms with E-state index < -0.39 is 5.97 Å². The molecule has 0 aromatic heterocycles. The number of carbonyl (C=O) groups excluding carboxylic acids is 2. The highest BCUT2D eigenvalue weighted by Gasteiger charge is 2.13. The maximum atomic E-state index is 12.3. The normalized spacial score (nSPS) is 10.2. The highest BCUT2D eigenvalue weighted by molar-refractivity contribution is 6.33. The van der Waals surface area contributed by atoms with Crippen molar-refractivity contribution in [3.8, 4) is 0 Å². The zero-order chi connectivity index (χ0) is 16.3. The molecule has 5 heteroatoms. The average molecular weight is 318 g/mol. The van der Waals surface area contributed by atoms with Gasteiger partial charge in [0, 0.05) is 11.3 Å². The Hall–Kier alpha value is -2.33. The number of nitrogens with one attached hydrogen (secondary N) is 1. The zero-order valence-corrected chi connectivity index (χ0v) is 13.3. The quantitative estimate of drug-likeness (QED) is 0.871. The summed E-state index contributed by atoms with van der Waals surface area (Å²) in [6, 6.07) is 10.1. The number of amides is 1. The lowest BCUT2D eigenvalue weighted by Gasteiger charge is -2.09. The number of hydrogen-bond donors (Lipinski definition) is 1. The molecule has 2 aromatic carbocycles. The van der Waals surface area contributed by atoms with Crippen molar-refractivity contribution < 1.29 is 14.3 Å². The summed E-state index contributed by atoms with van der Waals surface area (Å²) in [5.41, 5.74) is 3.41. The van der Waals surface area contributed by atoms with Crippen LogP contribution in [0.2, 0.25) is 5.02 Å². The molecule has 0 radical (unpaired) electrons. The van der Waals surface area contributed by atoms with E-state index in [-0.39, 0.29) is 16.5 Å². The summed E-state index contributed by atoms with van der Waals surface area (Å²) in [6.45, 7) is 3.93. The van der Waals surface area contributed by atoms with Gasteiger partial charge in [-0.25, -0.2) is 4.79 Å². The smallest absolute Gasteiger partial charge is 0.339 e. The molecule has 0 fully saturated rings. The standard InChI is InChI=1S/C17H16ClNO3/c1-10-4-5-12(8-11(10)2)16(20)19-13-6-7-15(18)14(9-13)17(21)22-3/h4-9H,1-3H3,(H,19,20). The predicted molar refractivity (Wildman–Crippen MR) is 86.7 cm³/mol. The van der Waals surface area contributed by atoms with Gasteiger partial charge in [0.05, 0.1) is 17.7 Å². The Labute approximate surface area is 134 Å². The molecule has 0 heterocycles. The first-order valence-electron chi connectivity index (χ1n) is 6.69. The van der Waals surface area contributed by atoms with Gasteiger partial charge in [-0.3, -0.25) is 4.79 Å². The molecule has 1 N–H and O–H groups in total. The van der Waals surface area contributed by atoms with E-state index in [4.69, 9.17) is 11.6 Å². The van der Waals surface area contributed by atoms with Crippen LogP contribution in [0, 0.1) is 13.8 Å². The Balaban J connectivity index is 2.24. The minimum atomic E-state index is -0.549. The van der Waals surface area contributed by atoms with Crippen molar-refractivity contribution in [2.75, 3.05) is 12.4 Å². The fourth-order valence-electron chi connectivity index (χ4n) is 1.96. The third kappa shape index (κ3) is 3.46. The summed E-state index contributed by atoms with van der Waals surface area (Å²) >= 11 is 5.95. The second-order valence-corrected chi connectivity index (χ2v) is 5.35. The number of methoxy groups -OCH3 is 1. The lowest BCUT2D eigenvalue weighted by molar-refractivity contribution is 0.0600. The first kappa shape index (κ1) is 16.0. The van der Waals surface area contributed by atoms with Crippen molar-refractivity contribution >= 4 is 29.2 Å². The maximum absolute atomic E-state index is 12.3. The summed E-state index contributed by atoms with van der Waals surface area (Å²) < 4.78 is 4.65. The third-order valence-corrected chi connectivity index (χ3v) is 3.73. The van der Waals surface area contributed by atoms with Crippen LogP contribution in [-0.4, -0.2) is 19.0 Å². The maximum Gasteiger partial charge on any atom is 0.339 e. The molecule has 4 nitrogen and oxygen atoms in total. The summed E-state index contributed by atoms with van der Waals surface area (Å²) in [7, 11) is 1.28. The molecule has 0 aliphatic carbocycles. The topological polar surface area (TPSA) is 55.4 Å². The van der Waals surface area contributed by atoms with E-state index in [0.29, 0.717) is 11.3 Å². The SMILES string of the molecule is COC(=O)c1cc(NC(=O)c2ccc(C)c(C)c2)ccc1Cl. The molecule has 0 saturated heterocycles. The highest BCUT2D eigenvalue weighted by Crippen LogP contribution is 2.22. The van der Waals surface area contributed by atoms with Gasteiger partial charge in [0.15, 0.2) is 0 Å². The van der Waals surface area contributed by atoms with E-state index in [0.717, 1.165) is 11.1 Å². The minimum absolute atomic E-state index is 0.210. The lowest BCUT2D eigenvalue weighted by Crippen LogP contribution is -2.13. The van der Waals surface area contributed by atoms with Gasteiger partial charge >= 0.3 is 5.97 Å². The van der Waals surface area contributed by atoms with Crippen molar-refractivity contribution in [1.29, 1.82) is 0 Å². The summed E-state index contributed by atoms with van der Waals surface area (Å²) in [5.74, 6) is -0.798. The van der Waals surface area contributed by atoms with Crippen LogP contribution in [0.4, 0.5) is 5.69 Å². The second kappa shape index (κ2) is 6.62. The molecule has 2 aromatic rings. The van der Waals surface area contributed by atoms with E-state index >= 15 is 0 Å². The van der Waals surface area contributed by atoms with E-state index in [1.165, 1.54) is 13.2 Å². The van der Waals surface area contributed by atoms with Gasteiger partial charge in [-0.15, -0.1) is 0 Å². The van der Waals surface area contributed by atoms with Crippen molar-refractivity contribution in [2.45, 2.75) is 13.8 Å². The minimum Gasteiger partial charge on any atom is -0.465 e. The summed E-state index contributed by atoms with van der Waals surface area (Å²) in [4.78, 5) is 23.9. The molecule has 0 aliphatic heterocycles. The number of carbonyl (C=O) groups is 2. The molecule has 114 valence electrons. The number of anilines is 1. The van der Waals surface area contributed by atoms with Crippen LogP contribution in [0.5, 0.6) is 0 Å². The first-order valence-corrected chi connectivity index (χ1v) is 7.06. The van der Waals surface area contributed by atoms with E-state index in [2.05, 4.69) is 10.1 Å². The number of halogens is 1. The van der Waals surface area contributed by atoms with Crippen LogP contribution >= 0.6 is 11.6 Å². The van der Waals surface area contributed by atoms with Crippen LogP contribution in [0.25, 0.3) is 0 Å². The summed E-state index contributed by atoms with van der Waals surface area (Å²) in [6.07, 6.45) is 0. The number of rotatable bonds is 3. The zero-order valence-electron chi connectivity index (χ0n) is 12.6. The first-order chi connectivity index (χ1) is 10.4. The Morgan fingerprint density at radius 3 is 2.41 bits per heavy atom. The van der Waals surface area contributed by atoms with Crippen LogP contribution in [-0.2, 0) is 4.74 Å². The molecule has 0 unspecified atom stereocenters. The van der Waals surface area contributed by atoms with Gasteiger partial charge < -0.3 is 10.1 Å². The molecule has 0 bridgehead atoms. The van der Waals surface area contributed by atoms with Crippen LogP contribution in [0.15, 0.2) is 36.4 Å². The fourth-order valence-corrected chi connectivity index (χ4v) is 2.15. The molecule has 0 spiro atoms. The molecular formula is C17H16ClNO3. The average Bonchev–Trinajstić information content (AvgIpc) is 2.51. The van der Waals surface area contributed by atoms with Gasteiger partial charge in [0.2, 0.25) is 0 Å². The van der Waals surface area contributed by atoms with Gasteiger partial charge in [0.25, 0.3) is 5.91 Å². The molecule has 2 rings (SSSR count). The largest absolute Gasteiger partial charge is 0.465 e. The van der Waals surface area contributed by atoms with Gasteiger partial charge in [-0.2, -0.15) is 0 Å². The second-order valence-electron chi connectivity index (χ2n) is 4.94. The van der Waals surface area contributed by atoms with Crippen LogP contribution in [0.1, 0.15) is 31.8 Å². The van der Waals surface area contributed by atoms with Crippen LogP contribution in [0.3, 0.4) is 0 Å². The number of hydrogen-bond acceptors (Lipinski definition) is 3. The summed E-state index contributed by atoms with van der Waals surface area (Å²) in [5, 5.41) is 3.02. The third-order valence-electron chi connectivity index (χ3n) is 3.40. The predicted octanol–water partition coefficient (Wildman–Crippen LogP) is 4.00. The van der Waals surface area contributed by atoms with Crippen molar-refractivity contribution in [3.63, 3.8) is 0 Å². The van der Waals surface area contributed by atoms with E-state index in [1.807, 2.05) is 26.0 Å². The number of ether oxygens (including phenoxy) is 1. The van der Waals surface area contributed by atoms with Gasteiger partial charge in [-0.1, -0.05) is 17.7 Å². The van der Waals surface area contributed by atoms with Crippen LogP contribution < -0.4 is 5.32 Å². The molecular weight excluding hydrogens is 302 g/mol. The molecule has 22 heavy (non-hydrogen) atoms. The number of esters is 1. The van der Waals surface area contributed by atoms with Crippen molar-refractivity contribution in [3.05, 3.63) is 63.7 Å². The monoisotopic (exact) mass is 317 g/mol. The molecule has 0 atom stereocenters. The lowest BCUT2D eigenvalue weighted by atomic mass is 10.1. The van der Waals surface area contributed by atoms with Gasteiger partial charge in [-0.05, 0) is 55.3 Å².